The zero-order chi connectivity index (χ0) is 13.0. The van der Waals surface area contributed by atoms with Crippen molar-refractivity contribution in [3.63, 3.8) is 0 Å². The van der Waals surface area contributed by atoms with E-state index in [9.17, 15) is 18.4 Å². The largest absolute Gasteiger partial charge is 0.457 e. The number of halogens is 2. The zero-order valence-corrected chi connectivity index (χ0v) is 9.50. The van der Waals surface area contributed by atoms with Crippen LogP contribution in [0.2, 0.25) is 0 Å². The average Bonchev–Trinajstić information content (AvgIpc) is 2.22. The van der Waals surface area contributed by atoms with Crippen molar-refractivity contribution in [1.29, 1.82) is 0 Å². The lowest BCUT2D eigenvalue weighted by Gasteiger charge is -2.07. The van der Waals surface area contributed by atoms with E-state index in [4.69, 9.17) is 0 Å². The Hall–Kier alpha value is -1.78. The van der Waals surface area contributed by atoms with Crippen molar-refractivity contribution in [2.75, 3.05) is 0 Å². The van der Waals surface area contributed by atoms with Crippen LogP contribution in [0.4, 0.5) is 8.78 Å². The Balaban J connectivity index is 2.78. The summed E-state index contributed by atoms with van der Waals surface area (Å²) in [6, 6.07) is 3.24. The lowest BCUT2D eigenvalue weighted by Crippen LogP contribution is -2.23. The Kier molecular flexibility index (Phi) is 4.31. The molecule has 0 saturated carbocycles. The summed E-state index contributed by atoms with van der Waals surface area (Å²) in [6.45, 7) is 3.16. The molecule has 0 aliphatic carbocycles. The molecule has 5 heteroatoms. The highest BCUT2D eigenvalue weighted by molar-refractivity contribution is 6.34. The molecule has 0 aliphatic rings. The van der Waals surface area contributed by atoms with Gasteiger partial charge in [0, 0.05) is 12.0 Å². The van der Waals surface area contributed by atoms with Crippen LogP contribution in [0.15, 0.2) is 18.2 Å². The fourth-order valence-corrected chi connectivity index (χ4v) is 1.21. The van der Waals surface area contributed by atoms with E-state index in [1.165, 1.54) is 6.07 Å². The van der Waals surface area contributed by atoms with Crippen LogP contribution < -0.4 is 0 Å². The maximum atomic E-state index is 13.2. The molecule has 0 bridgehead atoms. The first-order valence-electron chi connectivity index (χ1n) is 5.08. The molecule has 0 aliphatic heterocycles. The van der Waals surface area contributed by atoms with Crippen molar-refractivity contribution in [3.05, 3.63) is 35.4 Å². The van der Waals surface area contributed by atoms with Crippen molar-refractivity contribution in [1.82, 2.24) is 0 Å². The topological polar surface area (TPSA) is 43.4 Å². The fourth-order valence-electron chi connectivity index (χ4n) is 1.21. The molecule has 0 fully saturated rings. The molecule has 0 amide bonds. The fraction of sp³-hybridized carbons (Fsp3) is 0.333. The smallest absolute Gasteiger partial charge is 0.375 e. The second kappa shape index (κ2) is 5.52. The Labute approximate surface area is 97.4 Å². The van der Waals surface area contributed by atoms with E-state index in [-0.39, 0.29) is 0 Å². The van der Waals surface area contributed by atoms with E-state index in [2.05, 4.69) is 4.74 Å². The summed E-state index contributed by atoms with van der Waals surface area (Å²) in [5, 5.41) is 0. The van der Waals surface area contributed by atoms with Crippen molar-refractivity contribution in [2.24, 2.45) is 0 Å². The number of hydrogen-bond acceptors (Lipinski definition) is 3. The second-order valence-corrected chi connectivity index (χ2v) is 3.75. The summed E-state index contributed by atoms with van der Waals surface area (Å²) in [4.78, 5) is 22.5. The van der Waals surface area contributed by atoms with Gasteiger partial charge in [0.2, 0.25) is 5.78 Å². The predicted octanol–water partition coefficient (Wildman–Crippen LogP) is 2.03. The van der Waals surface area contributed by atoms with Gasteiger partial charge in [0.25, 0.3) is 0 Å². The van der Waals surface area contributed by atoms with Gasteiger partial charge < -0.3 is 4.74 Å². The lowest BCUT2D eigenvalue weighted by atomic mass is 10.1. The molecule has 0 radical (unpaired) electrons. The molecule has 0 saturated heterocycles. The summed E-state index contributed by atoms with van der Waals surface area (Å²) < 4.78 is 31.0. The Morgan fingerprint density at radius 3 is 2.24 bits per heavy atom. The van der Waals surface area contributed by atoms with E-state index < -0.39 is 41.5 Å². The van der Waals surface area contributed by atoms with Crippen LogP contribution in [0.1, 0.15) is 19.4 Å². The van der Waals surface area contributed by atoms with Gasteiger partial charge in [-0.2, -0.15) is 0 Å². The summed E-state index contributed by atoms with van der Waals surface area (Å²) in [6.07, 6.45) is -1.08. The molecule has 1 aromatic rings. The first-order valence-corrected chi connectivity index (χ1v) is 5.08. The summed E-state index contributed by atoms with van der Waals surface area (Å²) in [7, 11) is 0. The minimum absolute atomic E-state index is 0.418. The Morgan fingerprint density at radius 1 is 1.24 bits per heavy atom. The van der Waals surface area contributed by atoms with E-state index >= 15 is 0 Å². The first-order chi connectivity index (χ1) is 7.91. The Bertz CT molecular complexity index is 421. The summed E-state index contributed by atoms with van der Waals surface area (Å²) >= 11 is 0. The molecule has 92 valence electrons. The standard InChI is InChI=1S/C12H12F2O3/c1-7(2)17-12(16)11(15)6-8-9(13)4-3-5-10(8)14/h3-5,7H,6H2,1-2H3. The van der Waals surface area contributed by atoms with Crippen LogP contribution in [-0.2, 0) is 20.7 Å². The molecule has 0 aromatic heterocycles. The van der Waals surface area contributed by atoms with Crippen molar-refractivity contribution < 1.29 is 23.1 Å². The quantitative estimate of drug-likeness (QED) is 0.599. The molecular weight excluding hydrogens is 230 g/mol. The van der Waals surface area contributed by atoms with Gasteiger partial charge >= 0.3 is 5.97 Å². The number of carbonyl (C=O) groups excluding carboxylic acids is 2. The van der Waals surface area contributed by atoms with Gasteiger partial charge in [0.05, 0.1) is 6.10 Å². The zero-order valence-electron chi connectivity index (χ0n) is 9.50. The van der Waals surface area contributed by atoms with Crippen LogP contribution in [0.25, 0.3) is 0 Å². The van der Waals surface area contributed by atoms with E-state index in [0.717, 1.165) is 12.1 Å². The highest BCUT2D eigenvalue weighted by Crippen LogP contribution is 2.13. The summed E-state index contributed by atoms with van der Waals surface area (Å²) in [5.41, 5.74) is -0.418. The molecule has 1 aromatic carbocycles. The number of esters is 1. The number of benzene rings is 1. The third kappa shape index (κ3) is 3.62. The minimum Gasteiger partial charge on any atom is -0.457 e. The van der Waals surface area contributed by atoms with Gasteiger partial charge in [-0.3, -0.25) is 4.79 Å². The molecule has 0 N–H and O–H groups in total. The highest BCUT2D eigenvalue weighted by atomic mass is 19.1. The van der Waals surface area contributed by atoms with Gasteiger partial charge in [0.1, 0.15) is 11.6 Å². The SMILES string of the molecule is CC(C)OC(=O)C(=O)Cc1c(F)cccc1F. The first kappa shape index (κ1) is 13.3. The van der Waals surface area contributed by atoms with Gasteiger partial charge in [-0.15, -0.1) is 0 Å². The van der Waals surface area contributed by atoms with Crippen LogP contribution >= 0.6 is 0 Å². The normalized spacial score (nSPS) is 10.4. The molecule has 3 nitrogen and oxygen atoms in total. The number of ether oxygens (including phenoxy) is 1. The summed E-state index contributed by atoms with van der Waals surface area (Å²) in [5.74, 6) is -3.75. The number of rotatable bonds is 4. The molecule has 0 spiro atoms. The van der Waals surface area contributed by atoms with Crippen molar-refractivity contribution in [2.45, 2.75) is 26.4 Å². The van der Waals surface area contributed by atoms with Crippen molar-refractivity contribution in [3.8, 4) is 0 Å². The third-order valence-electron chi connectivity index (χ3n) is 1.97. The molecule has 0 atom stereocenters. The van der Waals surface area contributed by atoms with Gasteiger partial charge in [-0.1, -0.05) is 6.07 Å². The average molecular weight is 242 g/mol. The maximum Gasteiger partial charge on any atom is 0.375 e. The van der Waals surface area contributed by atoms with E-state index in [1.54, 1.807) is 13.8 Å². The van der Waals surface area contributed by atoms with Crippen LogP contribution in [-0.4, -0.2) is 17.9 Å². The van der Waals surface area contributed by atoms with E-state index in [0.29, 0.717) is 0 Å². The minimum atomic E-state index is -1.08. The number of Topliss-reactive ketones (excluding diaryl/α,β-unsaturated/α-hetero) is 1. The maximum absolute atomic E-state index is 13.2. The number of carbonyl (C=O) groups is 2. The van der Waals surface area contributed by atoms with E-state index in [1.807, 2.05) is 0 Å². The highest BCUT2D eigenvalue weighted by Gasteiger charge is 2.21. The van der Waals surface area contributed by atoms with Crippen molar-refractivity contribution >= 4 is 11.8 Å². The van der Waals surface area contributed by atoms with Crippen LogP contribution in [0.3, 0.4) is 0 Å². The van der Waals surface area contributed by atoms with Gasteiger partial charge in [-0.05, 0) is 26.0 Å². The number of hydrogen-bond donors (Lipinski definition) is 0. The molecule has 1 rings (SSSR count). The monoisotopic (exact) mass is 242 g/mol. The van der Waals surface area contributed by atoms with Gasteiger partial charge in [-0.25, -0.2) is 13.6 Å². The lowest BCUT2D eigenvalue weighted by molar-refractivity contribution is -0.156. The Morgan fingerprint density at radius 2 is 1.76 bits per heavy atom. The molecule has 0 heterocycles. The van der Waals surface area contributed by atoms with Crippen LogP contribution in [0.5, 0.6) is 0 Å². The predicted molar refractivity (Wildman–Crippen MR) is 56.3 cm³/mol. The second-order valence-electron chi connectivity index (χ2n) is 3.75. The third-order valence-corrected chi connectivity index (χ3v) is 1.97. The molecular formula is C12H12F2O3. The van der Waals surface area contributed by atoms with Gasteiger partial charge in [0.15, 0.2) is 0 Å². The number of ketones is 1. The van der Waals surface area contributed by atoms with Crippen LogP contribution in [0, 0.1) is 11.6 Å². The molecule has 17 heavy (non-hydrogen) atoms. The molecule has 0 unspecified atom stereocenters.